The minimum absolute atomic E-state index is 0.00692. The predicted octanol–water partition coefficient (Wildman–Crippen LogP) is -0.325. The van der Waals surface area contributed by atoms with E-state index in [4.69, 9.17) is 11.1 Å². The van der Waals surface area contributed by atoms with Crippen molar-refractivity contribution in [1.82, 2.24) is 10.2 Å². The number of hydrogen-bond donors (Lipinski definition) is 4. The van der Waals surface area contributed by atoms with E-state index in [9.17, 15) is 14.4 Å². The number of para-hydroxylation sites is 1. The van der Waals surface area contributed by atoms with Crippen molar-refractivity contribution in [3.05, 3.63) is 29.8 Å². The average molecular weight is 415 g/mol. The van der Waals surface area contributed by atoms with Gasteiger partial charge in [-0.1, -0.05) is 25.5 Å². The van der Waals surface area contributed by atoms with Gasteiger partial charge in [-0.3, -0.25) is 14.4 Å². The molecule has 0 bridgehead atoms. The molecule has 1 aliphatic carbocycles. The zero-order valence-corrected chi connectivity index (χ0v) is 17.5. The number of carbonyl (C=O) groups is 3. The van der Waals surface area contributed by atoms with Gasteiger partial charge in [-0.2, -0.15) is 0 Å². The van der Waals surface area contributed by atoms with Crippen molar-refractivity contribution in [2.24, 2.45) is 17.6 Å². The van der Waals surface area contributed by atoms with Gasteiger partial charge < -0.3 is 21.3 Å². The van der Waals surface area contributed by atoms with Crippen LogP contribution in [0.15, 0.2) is 24.3 Å². The van der Waals surface area contributed by atoms with Crippen molar-refractivity contribution < 1.29 is 19.8 Å². The minimum atomic E-state index is -0.719. The second kappa shape index (κ2) is 9.73. The monoisotopic (exact) mass is 414 g/mol. The predicted molar refractivity (Wildman–Crippen MR) is 114 cm³/mol. The second-order valence-electron chi connectivity index (χ2n) is 8.45. The van der Waals surface area contributed by atoms with Gasteiger partial charge in [0, 0.05) is 18.8 Å². The van der Waals surface area contributed by atoms with Gasteiger partial charge in [-0.25, -0.2) is 5.41 Å². The van der Waals surface area contributed by atoms with Crippen LogP contribution in [-0.4, -0.2) is 54.0 Å². The lowest BCUT2D eigenvalue weighted by Crippen LogP contribution is -2.49. The Bertz CT molecular complexity index is 825. The van der Waals surface area contributed by atoms with Crippen molar-refractivity contribution in [2.75, 3.05) is 25.0 Å². The molecule has 1 aromatic rings. The molecule has 3 rings (SSSR count). The lowest BCUT2D eigenvalue weighted by Gasteiger charge is -2.25. The summed E-state index contributed by atoms with van der Waals surface area (Å²) >= 11 is 0. The number of hydrogen-bond acceptors (Lipinski definition) is 4. The van der Waals surface area contributed by atoms with Crippen LogP contribution in [0.5, 0.6) is 0 Å². The second-order valence-corrected chi connectivity index (χ2v) is 8.45. The number of nitrogens with two attached hydrogens (primary N) is 2. The molecule has 0 aromatic heterocycles. The maximum atomic E-state index is 12.8. The maximum absolute atomic E-state index is 12.8. The molecule has 1 saturated heterocycles. The Morgan fingerprint density at radius 3 is 2.67 bits per heavy atom. The molecular weight excluding hydrogens is 382 g/mol. The number of nitrogens with one attached hydrogen (secondary N) is 2. The number of primary amides is 1. The summed E-state index contributed by atoms with van der Waals surface area (Å²) in [7, 11) is 0. The SMILES string of the molecule is CC1CCC(CNC(=O)[C@@H]2CCCN2C(=O)CNc2ccccc2C(=[NH2+])C(N)=O)C1. The van der Waals surface area contributed by atoms with Crippen LogP contribution in [0.25, 0.3) is 0 Å². The number of anilines is 1. The lowest BCUT2D eigenvalue weighted by molar-refractivity contribution is -0.137. The van der Waals surface area contributed by atoms with Crippen LogP contribution in [0.3, 0.4) is 0 Å². The summed E-state index contributed by atoms with van der Waals surface area (Å²) in [6, 6.07) is 6.50. The molecule has 2 aliphatic rings. The van der Waals surface area contributed by atoms with E-state index in [-0.39, 0.29) is 24.1 Å². The highest BCUT2D eigenvalue weighted by molar-refractivity contribution is 6.43. The van der Waals surface area contributed by atoms with Crippen LogP contribution in [0.4, 0.5) is 5.69 Å². The quantitative estimate of drug-likeness (QED) is 0.434. The van der Waals surface area contributed by atoms with Crippen molar-refractivity contribution in [3.8, 4) is 0 Å². The molecule has 0 radical (unpaired) electrons. The molecule has 8 heteroatoms. The lowest BCUT2D eigenvalue weighted by atomic mass is 10.1. The van der Waals surface area contributed by atoms with Gasteiger partial charge >= 0.3 is 5.91 Å². The molecule has 1 aliphatic heterocycles. The van der Waals surface area contributed by atoms with Crippen LogP contribution in [0.1, 0.15) is 44.6 Å². The minimum Gasteiger partial charge on any atom is -0.375 e. The molecule has 1 heterocycles. The highest BCUT2D eigenvalue weighted by atomic mass is 16.2. The maximum Gasteiger partial charge on any atom is 0.313 e. The summed E-state index contributed by atoms with van der Waals surface area (Å²) in [6.07, 6.45) is 5.02. The van der Waals surface area contributed by atoms with E-state index < -0.39 is 11.9 Å². The molecule has 1 saturated carbocycles. The molecule has 2 unspecified atom stereocenters. The van der Waals surface area contributed by atoms with E-state index in [1.165, 1.54) is 6.42 Å². The van der Waals surface area contributed by atoms with Gasteiger partial charge in [0.15, 0.2) is 0 Å². The van der Waals surface area contributed by atoms with E-state index >= 15 is 0 Å². The highest BCUT2D eigenvalue weighted by Crippen LogP contribution is 2.29. The first-order chi connectivity index (χ1) is 14.4. The number of benzene rings is 1. The Morgan fingerprint density at radius 2 is 1.97 bits per heavy atom. The molecule has 2 fully saturated rings. The van der Waals surface area contributed by atoms with E-state index in [0.29, 0.717) is 36.7 Å². The van der Waals surface area contributed by atoms with Gasteiger partial charge in [-0.15, -0.1) is 0 Å². The summed E-state index contributed by atoms with van der Waals surface area (Å²) < 4.78 is 0. The van der Waals surface area contributed by atoms with Crippen molar-refractivity contribution in [1.29, 1.82) is 0 Å². The van der Waals surface area contributed by atoms with Gasteiger partial charge in [0.1, 0.15) is 6.04 Å². The first-order valence-electron chi connectivity index (χ1n) is 10.7. The van der Waals surface area contributed by atoms with E-state index in [1.54, 1.807) is 29.2 Å². The van der Waals surface area contributed by atoms with Gasteiger partial charge in [0.2, 0.25) is 11.8 Å². The first kappa shape index (κ1) is 21.8. The number of carbonyl (C=O) groups excluding carboxylic acids is 3. The molecule has 3 atom stereocenters. The fourth-order valence-electron chi connectivity index (χ4n) is 4.49. The molecule has 30 heavy (non-hydrogen) atoms. The Hall–Kier alpha value is -2.90. The third-order valence-corrected chi connectivity index (χ3v) is 6.16. The molecule has 0 spiro atoms. The topological polar surface area (TPSA) is 130 Å². The van der Waals surface area contributed by atoms with Crippen LogP contribution in [0.2, 0.25) is 0 Å². The van der Waals surface area contributed by atoms with E-state index in [0.717, 1.165) is 25.2 Å². The van der Waals surface area contributed by atoms with Crippen LogP contribution in [0, 0.1) is 11.8 Å². The molecule has 3 amide bonds. The van der Waals surface area contributed by atoms with Crippen molar-refractivity contribution >= 4 is 29.1 Å². The Morgan fingerprint density at radius 1 is 1.20 bits per heavy atom. The molecular formula is C22H32N5O3+. The Labute approximate surface area is 177 Å². The molecule has 6 N–H and O–H groups in total. The van der Waals surface area contributed by atoms with E-state index in [2.05, 4.69) is 17.6 Å². The highest BCUT2D eigenvalue weighted by Gasteiger charge is 2.34. The smallest absolute Gasteiger partial charge is 0.313 e. The van der Waals surface area contributed by atoms with Crippen molar-refractivity contribution in [2.45, 2.75) is 45.1 Å². The summed E-state index contributed by atoms with van der Waals surface area (Å²) in [5.41, 5.74) is 6.22. The largest absolute Gasteiger partial charge is 0.375 e. The molecule has 1 aromatic carbocycles. The fraction of sp³-hybridized carbons (Fsp3) is 0.545. The standard InChI is InChI=1S/C22H31N5O3/c1-14-8-9-15(11-14)12-26-22(30)18-7-4-10-27(18)19(28)13-25-17-6-3-2-5-16(17)20(23)21(24)29/h2-3,5-6,14-15,18,23,25H,4,7-13H2,1H3,(H2,24,29)(H,26,30)/p+1/t14?,15?,18-/m0/s1. The first-order valence-corrected chi connectivity index (χ1v) is 10.7. The average Bonchev–Trinajstić information content (AvgIpc) is 3.39. The van der Waals surface area contributed by atoms with Crippen LogP contribution >= 0.6 is 0 Å². The van der Waals surface area contributed by atoms with Gasteiger partial charge in [0.25, 0.3) is 5.71 Å². The number of rotatable bonds is 8. The van der Waals surface area contributed by atoms with E-state index in [1.807, 2.05) is 0 Å². The summed E-state index contributed by atoms with van der Waals surface area (Å²) in [4.78, 5) is 38.5. The molecule has 8 nitrogen and oxygen atoms in total. The van der Waals surface area contributed by atoms with Gasteiger partial charge in [0.05, 0.1) is 12.1 Å². The number of nitrogens with zero attached hydrogens (tertiary/aromatic N) is 1. The fourth-order valence-corrected chi connectivity index (χ4v) is 4.49. The Kier molecular flexibility index (Phi) is 7.07. The zero-order chi connectivity index (χ0) is 21.7. The van der Waals surface area contributed by atoms with Crippen LogP contribution < -0.4 is 21.8 Å². The van der Waals surface area contributed by atoms with Gasteiger partial charge in [-0.05, 0) is 49.7 Å². The summed E-state index contributed by atoms with van der Waals surface area (Å²) in [5.74, 6) is 0.330. The third-order valence-electron chi connectivity index (χ3n) is 6.16. The Balaban J connectivity index is 1.55. The third kappa shape index (κ3) is 5.17. The molecule has 162 valence electrons. The summed E-state index contributed by atoms with van der Waals surface area (Å²) in [6.45, 7) is 3.51. The summed E-state index contributed by atoms with van der Waals surface area (Å²) in [5, 5.41) is 11.9. The van der Waals surface area contributed by atoms with Crippen LogP contribution in [-0.2, 0) is 14.4 Å². The number of amides is 3. The van der Waals surface area contributed by atoms with Crippen molar-refractivity contribution in [3.63, 3.8) is 0 Å². The normalized spacial score (nSPS) is 23.2. The zero-order valence-electron chi connectivity index (χ0n) is 17.5. The number of likely N-dealkylation sites (tertiary alicyclic amines) is 1.